The van der Waals surface area contributed by atoms with Crippen LogP contribution in [0.25, 0.3) is 0 Å². The van der Waals surface area contributed by atoms with Crippen LogP contribution in [0.3, 0.4) is 0 Å². The van der Waals surface area contributed by atoms with Crippen LogP contribution < -0.4 is 0 Å². The van der Waals surface area contributed by atoms with Crippen molar-refractivity contribution in [3.63, 3.8) is 0 Å². The number of benzene rings is 1. The van der Waals surface area contributed by atoms with Gasteiger partial charge in [-0.15, -0.1) is 6.58 Å². The van der Waals surface area contributed by atoms with E-state index in [4.69, 9.17) is 0 Å². The number of hydrogen-bond donors (Lipinski definition) is 0. The van der Waals surface area contributed by atoms with Gasteiger partial charge < -0.3 is 0 Å². The van der Waals surface area contributed by atoms with Gasteiger partial charge in [-0.05, 0) is 50.3 Å². The first kappa shape index (κ1) is 17.7. The van der Waals surface area contributed by atoms with Crippen molar-refractivity contribution in [1.82, 2.24) is 4.31 Å². The molecule has 1 aromatic carbocycles. The van der Waals surface area contributed by atoms with E-state index in [1.165, 1.54) is 0 Å². The third kappa shape index (κ3) is 4.21. The van der Waals surface area contributed by atoms with Crippen LogP contribution in [0, 0.1) is 6.92 Å². The molecule has 0 N–H and O–H groups in total. The minimum absolute atomic E-state index is 0.108. The van der Waals surface area contributed by atoms with Crippen LogP contribution in [0.15, 0.2) is 66.1 Å². The Morgan fingerprint density at radius 3 is 2.57 bits per heavy atom. The first-order chi connectivity index (χ1) is 11.0. The maximum atomic E-state index is 13.0. The summed E-state index contributed by atoms with van der Waals surface area (Å²) >= 11 is 0. The van der Waals surface area contributed by atoms with Crippen molar-refractivity contribution in [3.05, 3.63) is 66.8 Å². The Bertz CT molecular complexity index is 687. The summed E-state index contributed by atoms with van der Waals surface area (Å²) in [6.45, 7) is 10.0. The van der Waals surface area contributed by atoms with Gasteiger partial charge >= 0.3 is 0 Å². The van der Waals surface area contributed by atoms with E-state index in [1.807, 2.05) is 37.3 Å². The Balaban J connectivity index is 2.30. The van der Waals surface area contributed by atoms with Crippen LogP contribution in [0.1, 0.15) is 31.2 Å². The van der Waals surface area contributed by atoms with Crippen LogP contribution >= 0.6 is 0 Å². The Morgan fingerprint density at radius 1 is 1.26 bits per heavy atom. The van der Waals surface area contributed by atoms with E-state index >= 15 is 0 Å². The van der Waals surface area contributed by atoms with Crippen LogP contribution in [-0.2, 0) is 10.0 Å². The summed E-state index contributed by atoms with van der Waals surface area (Å²) in [5.74, 6) is 0. The van der Waals surface area contributed by atoms with E-state index in [1.54, 1.807) is 16.4 Å². The number of hydrogen-bond acceptors (Lipinski definition) is 2. The SMILES string of the molecule is C=CCCCC1C=C(C=C)CCN1S(=O)(=O)c1ccc(C)cc1. The van der Waals surface area contributed by atoms with Crippen LogP contribution in [-0.4, -0.2) is 25.3 Å². The van der Waals surface area contributed by atoms with Gasteiger partial charge in [0.1, 0.15) is 0 Å². The Labute approximate surface area is 140 Å². The van der Waals surface area contributed by atoms with Crippen molar-refractivity contribution in [2.45, 2.75) is 43.5 Å². The third-order valence-corrected chi connectivity index (χ3v) is 6.13. The molecular weight excluding hydrogens is 306 g/mol. The molecule has 0 spiro atoms. The number of unbranched alkanes of at least 4 members (excludes halogenated alkanes) is 1. The summed E-state index contributed by atoms with van der Waals surface area (Å²) in [4.78, 5) is 0.368. The van der Waals surface area contributed by atoms with Crippen molar-refractivity contribution >= 4 is 10.0 Å². The highest BCUT2D eigenvalue weighted by atomic mass is 32.2. The maximum absolute atomic E-state index is 13.0. The molecule has 0 fully saturated rings. The zero-order valence-electron chi connectivity index (χ0n) is 13.7. The van der Waals surface area contributed by atoms with E-state index in [9.17, 15) is 8.42 Å². The van der Waals surface area contributed by atoms with Crippen molar-refractivity contribution in [1.29, 1.82) is 0 Å². The summed E-state index contributed by atoms with van der Waals surface area (Å²) in [6.07, 6.45) is 9.09. The van der Waals surface area contributed by atoms with Gasteiger partial charge in [-0.2, -0.15) is 4.31 Å². The van der Waals surface area contributed by atoms with Crippen molar-refractivity contribution in [2.75, 3.05) is 6.54 Å². The molecule has 1 aliphatic rings. The molecule has 23 heavy (non-hydrogen) atoms. The van der Waals surface area contributed by atoms with Crippen molar-refractivity contribution in [3.8, 4) is 0 Å². The second-order valence-electron chi connectivity index (χ2n) is 5.91. The van der Waals surface area contributed by atoms with E-state index in [-0.39, 0.29) is 6.04 Å². The molecule has 0 aliphatic carbocycles. The van der Waals surface area contributed by atoms with E-state index in [0.29, 0.717) is 17.9 Å². The fourth-order valence-electron chi connectivity index (χ4n) is 2.83. The quantitative estimate of drug-likeness (QED) is 0.554. The molecule has 124 valence electrons. The molecule has 0 saturated carbocycles. The molecule has 0 saturated heterocycles. The molecule has 1 unspecified atom stereocenters. The zero-order chi connectivity index (χ0) is 16.9. The molecule has 0 aromatic heterocycles. The molecule has 1 atom stereocenters. The number of sulfonamides is 1. The van der Waals surface area contributed by atoms with Gasteiger partial charge in [0.15, 0.2) is 0 Å². The van der Waals surface area contributed by atoms with Gasteiger partial charge in [0.05, 0.1) is 4.90 Å². The highest BCUT2D eigenvalue weighted by Crippen LogP contribution is 2.27. The highest BCUT2D eigenvalue weighted by Gasteiger charge is 2.32. The van der Waals surface area contributed by atoms with E-state index in [0.717, 1.165) is 30.4 Å². The van der Waals surface area contributed by atoms with Gasteiger partial charge in [0.2, 0.25) is 10.0 Å². The van der Waals surface area contributed by atoms with E-state index in [2.05, 4.69) is 13.2 Å². The van der Waals surface area contributed by atoms with Crippen LogP contribution in [0.5, 0.6) is 0 Å². The summed E-state index contributed by atoms with van der Waals surface area (Å²) in [5, 5.41) is 0. The molecule has 2 rings (SSSR count). The summed E-state index contributed by atoms with van der Waals surface area (Å²) in [6, 6.07) is 6.96. The standard InChI is InChI=1S/C19H25NO2S/c1-4-6-7-8-18-15-17(5-2)13-14-20(18)23(21,22)19-11-9-16(3)10-12-19/h4-5,9-12,15,18H,1-2,6-8,13-14H2,3H3. The first-order valence-electron chi connectivity index (χ1n) is 8.01. The Morgan fingerprint density at radius 2 is 1.96 bits per heavy atom. The topological polar surface area (TPSA) is 37.4 Å². The molecule has 1 heterocycles. The van der Waals surface area contributed by atoms with Gasteiger partial charge in [-0.25, -0.2) is 8.42 Å². The average molecular weight is 331 g/mol. The lowest BCUT2D eigenvalue weighted by molar-refractivity contribution is 0.332. The average Bonchev–Trinajstić information content (AvgIpc) is 2.55. The number of aryl methyl sites for hydroxylation is 1. The fourth-order valence-corrected chi connectivity index (χ4v) is 4.44. The number of allylic oxidation sites excluding steroid dienone is 2. The number of nitrogens with zero attached hydrogens (tertiary/aromatic N) is 1. The van der Waals surface area contributed by atoms with Gasteiger partial charge in [-0.1, -0.05) is 42.5 Å². The Hall–Kier alpha value is -1.65. The molecule has 0 radical (unpaired) electrons. The van der Waals surface area contributed by atoms with Crippen molar-refractivity contribution in [2.24, 2.45) is 0 Å². The van der Waals surface area contributed by atoms with Crippen molar-refractivity contribution < 1.29 is 8.42 Å². The molecular formula is C19H25NO2S. The summed E-state index contributed by atoms with van der Waals surface area (Å²) in [5.41, 5.74) is 2.18. The minimum atomic E-state index is -3.47. The predicted octanol–water partition coefficient (Wildman–Crippen LogP) is 4.23. The zero-order valence-corrected chi connectivity index (χ0v) is 14.6. The van der Waals surface area contributed by atoms with Gasteiger partial charge in [0, 0.05) is 12.6 Å². The minimum Gasteiger partial charge on any atom is -0.207 e. The lowest BCUT2D eigenvalue weighted by Crippen LogP contribution is -2.42. The monoisotopic (exact) mass is 331 g/mol. The highest BCUT2D eigenvalue weighted by molar-refractivity contribution is 7.89. The smallest absolute Gasteiger partial charge is 0.207 e. The lowest BCUT2D eigenvalue weighted by atomic mass is 10.0. The maximum Gasteiger partial charge on any atom is 0.243 e. The second-order valence-corrected chi connectivity index (χ2v) is 7.80. The summed E-state index contributed by atoms with van der Waals surface area (Å²) < 4.78 is 27.6. The lowest BCUT2D eigenvalue weighted by Gasteiger charge is -2.33. The largest absolute Gasteiger partial charge is 0.243 e. The molecule has 0 bridgehead atoms. The van der Waals surface area contributed by atoms with Crippen LogP contribution in [0.2, 0.25) is 0 Å². The molecule has 4 heteroatoms. The molecule has 0 amide bonds. The van der Waals surface area contributed by atoms with E-state index < -0.39 is 10.0 Å². The summed E-state index contributed by atoms with van der Waals surface area (Å²) in [7, 11) is -3.47. The molecule has 3 nitrogen and oxygen atoms in total. The Kier molecular flexibility index (Phi) is 5.97. The fraction of sp³-hybridized carbons (Fsp3) is 0.368. The number of rotatable bonds is 7. The third-order valence-electron chi connectivity index (χ3n) is 4.20. The van der Waals surface area contributed by atoms with Gasteiger partial charge in [0.25, 0.3) is 0 Å². The normalized spacial score (nSPS) is 19.2. The predicted molar refractivity (Wildman–Crippen MR) is 95.8 cm³/mol. The first-order valence-corrected chi connectivity index (χ1v) is 9.45. The van der Waals surface area contributed by atoms with Crippen LogP contribution in [0.4, 0.5) is 0 Å². The second kappa shape index (κ2) is 7.75. The molecule has 1 aromatic rings. The van der Waals surface area contributed by atoms with Gasteiger partial charge in [-0.3, -0.25) is 0 Å². The molecule has 1 aliphatic heterocycles.